The molecule has 0 unspecified atom stereocenters. The molecule has 1 heterocycles. The highest BCUT2D eigenvalue weighted by molar-refractivity contribution is 6.06. The zero-order valence-electron chi connectivity index (χ0n) is 16.1. The number of anilines is 1. The van der Waals surface area contributed by atoms with Crippen LogP contribution in [0.5, 0.6) is 11.5 Å². The zero-order valence-corrected chi connectivity index (χ0v) is 16.1. The highest BCUT2D eigenvalue weighted by atomic mass is 16.5. The molecule has 1 N–H and O–H groups in total. The number of nitrogens with zero attached hydrogens (tertiary/aromatic N) is 1. The van der Waals surface area contributed by atoms with Crippen LogP contribution in [0.15, 0.2) is 71.1 Å². The van der Waals surface area contributed by atoms with Crippen LogP contribution in [0.1, 0.15) is 21.8 Å². The second-order valence-electron chi connectivity index (χ2n) is 6.47. The Morgan fingerprint density at radius 1 is 1.00 bits per heavy atom. The number of carbonyl (C=O) groups excluding carboxylic acids is 1. The molecule has 146 valence electrons. The molecule has 1 aromatic heterocycles. The number of ether oxygens (including phenoxy) is 2. The summed E-state index contributed by atoms with van der Waals surface area (Å²) in [7, 11) is 3.12. The molecule has 0 aliphatic rings. The fourth-order valence-electron chi connectivity index (χ4n) is 3.07. The van der Waals surface area contributed by atoms with E-state index < -0.39 is 0 Å². The number of hydrogen-bond donors (Lipinski definition) is 1. The van der Waals surface area contributed by atoms with Crippen molar-refractivity contribution in [2.24, 2.45) is 0 Å². The van der Waals surface area contributed by atoms with Crippen molar-refractivity contribution in [2.75, 3.05) is 19.5 Å². The third kappa shape index (κ3) is 4.06. The van der Waals surface area contributed by atoms with Crippen molar-refractivity contribution in [3.8, 4) is 11.5 Å². The lowest BCUT2D eigenvalue weighted by Crippen LogP contribution is -2.12. The van der Waals surface area contributed by atoms with Gasteiger partial charge in [-0.2, -0.15) is 0 Å². The van der Waals surface area contributed by atoms with Crippen LogP contribution in [0.3, 0.4) is 0 Å². The molecule has 29 heavy (non-hydrogen) atoms. The molecule has 0 radical (unpaired) electrons. The summed E-state index contributed by atoms with van der Waals surface area (Å²) in [5.74, 6) is 1.50. The van der Waals surface area contributed by atoms with Crippen molar-refractivity contribution in [3.63, 3.8) is 0 Å². The highest BCUT2D eigenvalue weighted by Crippen LogP contribution is 2.29. The molecule has 6 heteroatoms. The second-order valence-corrected chi connectivity index (χ2v) is 6.47. The Hall–Kier alpha value is -3.80. The fraction of sp³-hybridized carbons (Fsp3) is 0.130. The van der Waals surface area contributed by atoms with E-state index in [1.54, 1.807) is 50.6 Å². The molecule has 0 atom stereocenters. The summed E-state index contributed by atoms with van der Waals surface area (Å²) < 4.78 is 16.4. The highest BCUT2D eigenvalue weighted by Gasteiger charge is 2.14. The molecule has 0 spiro atoms. The van der Waals surface area contributed by atoms with Crippen LogP contribution in [0.4, 0.5) is 5.69 Å². The van der Waals surface area contributed by atoms with Gasteiger partial charge in [-0.3, -0.25) is 4.79 Å². The van der Waals surface area contributed by atoms with Crippen LogP contribution >= 0.6 is 0 Å². The summed E-state index contributed by atoms with van der Waals surface area (Å²) >= 11 is 0. The molecule has 0 saturated carbocycles. The number of rotatable bonds is 6. The van der Waals surface area contributed by atoms with Gasteiger partial charge in [0.25, 0.3) is 5.91 Å². The quantitative estimate of drug-likeness (QED) is 0.519. The van der Waals surface area contributed by atoms with Crippen LogP contribution in [-0.2, 0) is 6.42 Å². The topological polar surface area (TPSA) is 73.6 Å². The van der Waals surface area contributed by atoms with E-state index in [1.165, 1.54) is 0 Å². The van der Waals surface area contributed by atoms with E-state index in [-0.39, 0.29) is 5.91 Å². The van der Waals surface area contributed by atoms with Gasteiger partial charge in [0.15, 0.2) is 11.5 Å². The van der Waals surface area contributed by atoms with Gasteiger partial charge in [-0.25, -0.2) is 4.98 Å². The lowest BCUT2D eigenvalue weighted by Gasteiger charge is -2.11. The summed E-state index contributed by atoms with van der Waals surface area (Å²) in [6.07, 6.45) is 0.595. The molecular formula is C23H20N2O4. The van der Waals surface area contributed by atoms with Gasteiger partial charge in [0.2, 0.25) is 0 Å². The number of aromatic nitrogens is 1. The standard InChI is InChI=1S/C23H20N2O4/c1-27-17-9-11-20(28-2)19(14-17)25-23(26)16-8-10-18-21(13-16)29-22(24-18)12-15-6-4-3-5-7-15/h3-11,13-14H,12H2,1-2H3,(H,25,26). The largest absolute Gasteiger partial charge is 0.497 e. The maximum atomic E-state index is 12.8. The van der Waals surface area contributed by atoms with Crippen molar-refractivity contribution < 1.29 is 18.7 Å². The predicted octanol–water partition coefficient (Wildman–Crippen LogP) is 4.69. The fourth-order valence-corrected chi connectivity index (χ4v) is 3.07. The zero-order chi connectivity index (χ0) is 20.2. The number of oxazole rings is 1. The van der Waals surface area contributed by atoms with Crippen molar-refractivity contribution >= 4 is 22.7 Å². The molecule has 0 saturated heterocycles. The maximum Gasteiger partial charge on any atom is 0.255 e. The third-order valence-electron chi connectivity index (χ3n) is 4.55. The van der Waals surface area contributed by atoms with E-state index in [1.807, 2.05) is 30.3 Å². The summed E-state index contributed by atoms with van der Waals surface area (Å²) in [5.41, 5.74) is 3.39. The first-order valence-electron chi connectivity index (χ1n) is 9.13. The lowest BCUT2D eigenvalue weighted by atomic mass is 10.1. The van der Waals surface area contributed by atoms with Gasteiger partial charge < -0.3 is 19.2 Å². The van der Waals surface area contributed by atoms with Crippen molar-refractivity contribution in [3.05, 3.63) is 83.7 Å². The average Bonchev–Trinajstić information content (AvgIpc) is 3.15. The third-order valence-corrected chi connectivity index (χ3v) is 4.55. The first kappa shape index (κ1) is 18.6. The van der Waals surface area contributed by atoms with Gasteiger partial charge in [-0.05, 0) is 35.9 Å². The van der Waals surface area contributed by atoms with E-state index in [9.17, 15) is 4.79 Å². The van der Waals surface area contributed by atoms with E-state index >= 15 is 0 Å². The number of carbonyl (C=O) groups is 1. The second kappa shape index (κ2) is 8.06. The van der Waals surface area contributed by atoms with Crippen molar-refractivity contribution in [2.45, 2.75) is 6.42 Å². The minimum absolute atomic E-state index is 0.278. The van der Waals surface area contributed by atoms with Gasteiger partial charge >= 0.3 is 0 Å². The number of benzene rings is 3. The Bertz CT molecular complexity index is 1150. The molecule has 0 fully saturated rings. The molecule has 1 amide bonds. The Morgan fingerprint density at radius 3 is 2.59 bits per heavy atom. The summed E-state index contributed by atoms with van der Waals surface area (Å²) in [6.45, 7) is 0. The summed E-state index contributed by atoms with van der Waals surface area (Å²) in [5, 5.41) is 2.86. The predicted molar refractivity (Wildman–Crippen MR) is 111 cm³/mol. The van der Waals surface area contributed by atoms with E-state index in [2.05, 4.69) is 10.3 Å². The van der Waals surface area contributed by atoms with Gasteiger partial charge in [0, 0.05) is 18.1 Å². The maximum absolute atomic E-state index is 12.8. The first-order chi connectivity index (χ1) is 14.2. The Kier molecular flexibility index (Phi) is 5.16. The molecule has 4 rings (SSSR count). The van der Waals surface area contributed by atoms with Crippen LogP contribution in [-0.4, -0.2) is 25.1 Å². The van der Waals surface area contributed by atoms with Gasteiger partial charge in [-0.15, -0.1) is 0 Å². The van der Waals surface area contributed by atoms with E-state index in [0.717, 1.165) is 5.56 Å². The minimum Gasteiger partial charge on any atom is -0.497 e. The monoisotopic (exact) mass is 388 g/mol. The summed E-state index contributed by atoms with van der Waals surface area (Å²) in [6, 6.07) is 20.4. The van der Waals surface area contributed by atoms with Gasteiger partial charge in [-0.1, -0.05) is 30.3 Å². The van der Waals surface area contributed by atoms with Crippen LogP contribution in [0.25, 0.3) is 11.1 Å². The number of methoxy groups -OCH3 is 2. The Morgan fingerprint density at radius 2 is 1.83 bits per heavy atom. The summed E-state index contributed by atoms with van der Waals surface area (Å²) in [4.78, 5) is 17.3. The SMILES string of the molecule is COc1ccc(OC)c(NC(=O)c2ccc3nc(Cc4ccccc4)oc3c2)c1. The molecule has 3 aromatic carbocycles. The van der Waals surface area contributed by atoms with Crippen LogP contribution in [0.2, 0.25) is 0 Å². The molecule has 6 nitrogen and oxygen atoms in total. The first-order valence-corrected chi connectivity index (χ1v) is 9.13. The molecule has 4 aromatic rings. The molecule has 0 aliphatic carbocycles. The Labute approximate surface area is 168 Å². The van der Waals surface area contributed by atoms with Gasteiger partial charge in [0.1, 0.15) is 17.0 Å². The van der Waals surface area contributed by atoms with Crippen LogP contribution in [0, 0.1) is 0 Å². The van der Waals surface area contributed by atoms with Crippen molar-refractivity contribution in [1.82, 2.24) is 4.98 Å². The molecular weight excluding hydrogens is 368 g/mol. The average molecular weight is 388 g/mol. The number of fused-ring (bicyclic) bond motifs is 1. The lowest BCUT2D eigenvalue weighted by molar-refractivity contribution is 0.102. The Balaban J connectivity index is 1.57. The smallest absolute Gasteiger partial charge is 0.255 e. The number of amides is 1. The molecule has 0 aliphatic heterocycles. The van der Waals surface area contributed by atoms with Crippen molar-refractivity contribution in [1.29, 1.82) is 0 Å². The normalized spacial score (nSPS) is 10.7. The van der Waals surface area contributed by atoms with Gasteiger partial charge in [0.05, 0.1) is 19.9 Å². The van der Waals surface area contributed by atoms with Crippen LogP contribution < -0.4 is 14.8 Å². The van der Waals surface area contributed by atoms with E-state index in [0.29, 0.717) is 46.2 Å². The molecule has 0 bridgehead atoms. The number of hydrogen-bond acceptors (Lipinski definition) is 5. The van der Waals surface area contributed by atoms with E-state index in [4.69, 9.17) is 13.9 Å². The minimum atomic E-state index is -0.278. The number of nitrogens with one attached hydrogen (secondary N) is 1.